The number of nitro groups is 1. The molecule has 26 heavy (non-hydrogen) atoms. The van der Waals surface area contributed by atoms with E-state index in [1.807, 2.05) is 30.3 Å². The number of nitrogens with one attached hydrogen (secondary N) is 1. The Balaban J connectivity index is 1.61. The topological polar surface area (TPSA) is 111 Å². The number of hydrogen-bond acceptors (Lipinski definition) is 7. The van der Waals surface area contributed by atoms with Crippen molar-refractivity contribution in [2.75, 3.05) is 11.1 Å². The van der Waals surface area contributed by atoms with Crippen LogP contribution in [-0.2, 0) is 4.79 Å². The minimum absolute atomic E-state index is 0.0184. The molecule has 1 N–H and O–H groups in total. The highest BCUT2D eigenvalue weighted by Gasteiger charge is 2.14. The molecule has 0 radical (unpaired) electrons. The molecule has 132 valence electrons. The Morgan fingerprint density at radius 2 is 2.00 bits per heavy atom. The van der Waals surface area contributed by atoms with Gasteiger partial charge in [-0.2, -0.15) is 0 Å². The van der Waals surface area contributed by atoms with Gasteiger partial charge in [-0.15, -0.1) is 10.2 Å². The summed E-state index contributed by atoms with van der Waals surface area (Å²) in [4.78, 5) is 22.3. The van der Waals surface area contributed by atoms with Crippen LogP contribution in [0.15, 0.2) is 58.2 Å². The second kappa shape index (κ2) is 7.98. The van der Waals surface area contributed by atoms with Crippen LogP contribution >= 0.6 is 23.4 Å². The quantitative estimate of drug-likeness (QED) is 0.384. The van der Waals surface area contributed by atoms with Crippen molar-refractivity contribution >= 4 is 40.6 Å². The number of non-ortho nitro benzene ring substituents is 1. The Morgan fingerprint density at radius 3 is 2.73 bits per heavy atom. The van der Waals surface area contributed by atoms with Crippen molar-refractivity contribution in [1.29, 1.82) is 0 Å². The summed E-state index contributed by atoms with van der Waals surface area (Å²) in [5.41, 5.74) is 0.781. The Labute approximate surface area is 156 Å². The van der Waals surface area contributed by atoms with Crippen molar-refractivity contribution in [2.24, 2.45) is 0 Å². The average molecular weight is 391 g/mol. The lowest BCUT2D eigenvalue weighted by molar-refractivity contribution is -0.384. The number of rotatable bonds is 6. The van der Waals surface area contributed by atoms with Crippen molar-refractivity contribution in [3.63, 3.8) is 0 Å². The van der Waals surface area contributed by atoms with Crippen LogP contribution in [0.1, 0.15) is 0 Å². The summed E-state index contributed by atoms with van der Waals surface area (Å²) in [6.45, 7) is 0. The van der Waals surface area contributed by atoms with Gasteiger partial charge in [-0.1, -0.05) is 41.6 Å². The highest BCUT2D eigenvalue weighted by Crippen LogP contribution is 2.27. The van der Waals surface area contributed by atoms with Crippen LogP contribution in [0.4, 0.5) is 11.4 Å². The van der Waals surface area contributed by atoms with Gasteiger partial charge in [0, 0.05) is 17.7 Å². The van der Waals surface area contributed by atoms with Crippen LogP contribution in [0.2, 0.25) is 5.02 Å². The van der Waals surface area contributed by atoms with Gasteiger partial charge in [0.25, 0.3) is 10.9 Å². The molecule has 10 heteroatoms. The molecule has 3 aromatic rings. The van der Waals surface area contributed by atoms with E-state index in [9.17, 15) is 14.9 Å². The van der Waals surface area contributed by atoms with Gasteiger partial charge in [0.15, 0.2) is 0 Å². The van der Waals surface area contributed by atoms with Gasteiger partial charge in [0.05, 0.1) is 21.4 Å². The normalized spacial score (nSPS) is 10.5. The summed E-state index contributed by atoms with van der Waals surface area (Å²) in [5, 5.41) is 21.6. The molecule has 0 aliphatic carbocycles. The lowest BCUT2D eigenvalue weighted by Gasteiger charge is -2.06. The van der Waals surface area contributed by atoms with E-state index in [-0.39, 0.29) is 27.4 Å². The molecule has 0 unspecified atom stereocenters. The Morgan fingerprint density at radius 1 is 1.23 bits per heavy atom. The SMILES string of the molecule is O=C(CSc1nnc(-c2ccccc2)o1)Nc1cc([N+](=O)[O-])ccc1Cl. The van der Waals surface area contributed by atoms with E-state index in [4.69, 9.17) is 16.0 Å². The first-order valence-electron chi connectivity index (χ1n) is 7.28. The number of halogens is 1. The number of amides is 1. The summed E-state index contributed by atoms with van der Waals surface area (Å²) in [6.07, 6.45) is 0. The molecule has 0 saturated heterocycles. The number of benzene rings is 2. The monoisotopic (exact) mass is 390 g/mol. The molecule has 1 aromatic heterocycles. The molecule has 0 saturated carbocycles. The smallest absolute Gasteiger partial charge is 0.277 e. The van der Waals surface area contributed by atoms with Gasteiger partial charge in [0.1, 0.15) is 0 Å². The van der Waals surface area contributed by atoms with Crippen LogP contribution < -0.4 is 5.32 Å². The molecule has 0 atom stereocenters. The fourth-order valence-electron chi connectivity index (χ4n) is 2.00. The van der Waals surface area contributed by atoms with E-state index in [1.54, 1.807) is 0 Å². The molecule has 0 fully saturated rings. The fraction of sp³-hybridized carbons (Fsp3) is 0.0625. The summed E-state index contributed by atoms with van der Waals surface area (Å²) >= 11 is 7.00. The Bertz CT molecular complexity index is 948. The predicted molar refractivity (Wildman–Crippen MR) is 97.2 cm³/mol. The molecule has 3 rings (SSSR count). The van der Waals surface area contributed by atoms with Crippen molar-refractivity contribution in [3.8, 4) is 11.5 Å². The van der Waals surface area contributed by atoms with Gasteiger partial charge in [-0.05, 0) is 18.2 Å². The predicted octanol–water partition coefficient (Wildman–Crippen LogP) is 4.03. The van der Waals surface area contributed by atoms with E-state index >= 15 is 0 Å². The highest BCUT2D eigenvalue weighted by atomic mass is 35.5. The van der Waals surface area contributed by atoms with Crippen molar-refractivity contribution < 1.29 is 14.1 Å². The van der Waals surface area contributed by atoms with Gasteiger partial charge >= 0.3 is 0 Å². The van der Waals surface area contributed by atoms with Crippen LogP contribution in [-0.4, -0.2) is 26.8 Å². The number of thioether (sulfide) groups is 1. The standard InChI is InChI=1S/C16H11ClN4O4S/c17-12-7-6-11(21(23)24)8-13(12)18-14(22)9-26-16-20-19-15(25-16)10-4-2-1-3-5-10/h1-8H,9H2,(H,18,22). The second-order valence-electron chi connectivity index (χ2n) is 5.00. The number of aromatic nitrogens is 2. The third-order valence-electron chi connectivity index (χ3n) is 3.19. The molecule has 8 nitrogen and oxygen atoms in total. The first kappa shape index (κ1) is 17.9. The summed E-state index contributed by atoms with van der Waals surface area (Å²) < 4.78 is 5.49. The maximum Gasteiger partial charge on any atom is 0.277 e. The first-order chi connectivity index (χ1) is 12.5. The third-order valence-corrected chi connectivity index (χ3v) is 4.34. The van der Waals surface area contributed by atoms with Crippen LogP contribution in [0, 0.1) is 10.1 Å². The molecule has 2 aromatic carbocycles. The average Bonchev–Trinajstić information content (AvgIpc) is 3.11. The number of nitrogens with zero attached hydrogens (tertiary/aromatic N) is 3. The Kier molecular flexibility index (Phi) is 5.49. The minimum atomic E-state index is -0.565. The van der Waals surface area contributed by atoms with Gasteiger partial charge in [-0.25, -0.2) is 0 Å². The summed E-state index contributed by atoms with van der Waals surface area (Å²) in [7, 11) is 0. The van der Waals surface area contributed by atoms with Crippen molar-refractivity contribution in [2.45, 2.75) is 5.22 Å². The minimum Gasteiger partial charge on any atom is -0.411 e. The van der Waals surface area contributed by atoms with E-state index in [0.717, 1.165) is 17.3 Å². The molecule has 0 aliphatic rings. The van der Waals surface area contributed by atoms with E-state index in [0.29, 0.717) is 5.89 Å². The van der Waals surface area contributed by atoms with E-state index in [1.165, 1.54) is 18.2 Å². The van der Waals surface area contributed by atoms with E-state index in [2.05, 4.69) is 15.5 Å². The lowest BCUT2D eigenvalue weighted by Crippen LogP contribution is -2.14. The molecule has 0 aliphatic heterocycles. The lowest BCUT2D eigenvalue weighted by atomic mass is 10.2. The second-order valence-corrected chi connectivity index (χ2v) is 6.33. The maximum atomic E-state index is 12.0. The largest absolute Gasteiger partial charge is 0.411 e. The fourth-order valence-corrected chi connectivity index (χ4v) is 2.73. The number of anilines is 1. The van der Waals surface area contributed by atoms with Gasteiger partial charge in [0.2, 0.25) is 11.8 Å². The van der Waals surface area contributed by atoms with Gasteiger partial charge in [-0.3, -0.25) is 14.9 Å². The molecule has 1 heterocycles. The maximum absolute atomic E-state index is 12.0. The summed E-state index contributed by atoms with van der Waals surface area (Å²) in [6, 6.07) is 13.1. The van der Waals surface area contributed by atoms with Crippen LogP contribution in [0.5, 0.6) is 0 Å². The van der Waals surface area contributed by atoms with Crippen molar-refractivity contribution in [1.82, 2.24) is 10.2 Å². The molecular weight excluding hydrogens is 380 g/mol. The highest BCUT2D eigenvalue weighted by molar-refractivity contribution is 7.99. The van der Waals surface area contributed by atoms with Gasteiger partial charge < -0.3 is 9.73 Å². The van der Waals surface area contributed by atoms with E-state index < -0.39 is 10.8 Å². The number of carbonyl (C=O) groups is 1. The molecule has 0 spiro atoms. The third kappa shape index (κ3) is 4.38. The molecule has 0 bridgehead atoms. The number of hydrogen-bond donors (Lipinski definition) is 1. The first-order valence-corrected chi connectivity index (χ1v) is 8.65. The van der Waals surface area contributed by atoms with Crippen LogP contribution in [0.25, 0.3) is 11.5 Å². The van der Waals surface area contributed by atoms with Crippen molar-refractivity contribution in [3.05, 3.63) is 63.7 Å². The number of carbonyl (C=O) groups excluding carboxylic acids is 1. The molecular formula is C16H11ClN4O4S. The zero-order valence-corrected chi connectivity index (χ0v) is 14.7. The molecule has 1 amide bonds. The zero-order chi connectivity index (χ0) is 18.5. The Hall–Kier alpha value is -2.91. The summed E-state index contributed by atoms with van der Waals surface area (Å²) in [5.74, 6) is -0.0674. The number of nitro benzene ring substituents is 1. The van der Waals surface area contributed by atoms with Crippen LogP contribution in [0.3, 0.4) is 0 Å². The zero-order valence-electron chi connectivity index (χ0n) is 13.1.